The van der Waals surface area contributed by atoms with E-state index in [0.29, 0.717) is 0 Å². The Labute approximate surface area is 84.3 Å². The van der Waals surface area contributed by atoms with Gasteiger partial charge in [0.15, 0.2) is 0 Å². The maximum Gasteiger partial charge on any atom is 0.135 e. The van der Waals surface area contributed by atoms with Gasteiger partial charge in [-0.3, -0.25) is 4.98 Å². The first-order valence-corrected chi connectivity index (χ1v) is 5.63. The molecule has 0 saturated carbocycles. The van der Waals surface area contributed by atoms with E-state index in [1.165, 1.54) is 0 Å². The molecule has 2 aromatic heterocycles. The van der Waals surface area contributed by atoms with Gasteiger partial charge in [-0.2, -0.15) is 0 Å². The van der Waals surface area contributed by atoms with Crippen molar-refractivity contribution in [3.8, 4) is 9.88 Å². The lowest BCUT2D eigenvalue weighted by molar-refractivity contribution is 0.790. The highest BCUT2D eigenvalue weighted by molar-refractivity contribution is 7.19. The van der Waals surface area contributed by atoms with E-state index in [4.69, 9.17) is 5.73 Å². The van der Waals surface area contributed by atoms with Crippen LogP contribution in [0.5, 0.6) is 0 Å². The maximum atomic E-state index is 5.71. The van der Waals surface area contributed by atoms with Crippen molar-refractivity contribution < 1.29 is 0 Å². The van der Waals surface area contributed by atoms with E-state index in [9.17, 15) is 0 Å². The van der Waals surface area contributed by atoms with Gasteiger partial charge in [0, 0.05) is 17.6 Å². The van der Waals surface area contributed by atoms with E-state index in [0.717, 1.165) is 15.6 Å². The number of nitrogens with two attached hydrogens (primary N) is 1. The molecule has 5 heteroatoms. The molecule has 1 atom stereocenters. The zero-order chi connectivity index (χ0) is 9.26. The summed E-state index contributed by atoms with van der Waals surface area (Å²) in [4.78, 5) is 9.53. The summed E-state index contributed by atoms with van der Waals surface area (Å²) >= 11 is 3.21. The van der Waals surface area contributed by atoms with Crippen molar-refractivity contribution in [2.45, 2.75) is 13.0 Å². The second kappa shape index (κ2) is 3.53. The molecule has 2 rings (SSSR count). The van der Waals surface area contributed by atoms with E-state index < -0.39 is 0 Å². The van der Waals surface area contributed by atoms with E-state index in [2.05, 4.69) is 9.97 Å². The van der Waals surface area contributed by atoms with Crippen molar-refractivity contribution in [3.63, 3.8) is 0 Å². The van der Waals surface area contributed by atoms with Gasteiger partial charge < -0.3 is 5.73 Å². The molecule has 0 fully saturated rings. The topological polar surface area (TPSA) is 51.8 Å². The first-order chi connectivity index (χ1) is 6.27. The monoisotopic (exact) mass is 211 g/mol. The van der Waals surface area contributed by atoms with Crippen molar-refractivity contribution in [3.05, 3.63) is 22.8 Å². The third-order valence-electron chi connectivity index (χ3n) is 1.63. The third kappa shape index (κ3) is 1.77. The molecule has 0 aliphatic carbocycles. The molecule has 2 aromatic rings. The molecule has 2 N–H and O–H groups in total. The average molecular weight is 211 g/mol. The van der Waals surface area contributed by atoms with Gasteiger partial charge in [-0.25, -0.2) is 4.98 Å². The van der Waals surface area contributed by atoms with Crippen LogP contribution in [0.4, 0.5) is 0 Å². The lowest BCUT2D eigenvalue weighted by Gasteiger charge is -1.96. The van der Waals surface area contributed by atoms with Gasteiger partial charge in [0.05, 0.1) is 16.1 Å². The summed E-state index contributed by atoms with van der Waals surface area (Å²) < 4.78 is 0. The molecule has 0 radical (unpaired) electrons. The lowest BCUT2D eigenvalue weighted by Crippen LogP contribution is -2.04. The Morgan fingerprint density at radius 3 is 2.85 bits per heavy atom. The van der Waals surface area contributed by atoms with Crippen molar-refractivity contribution in [2.75, 3.05) is 0 Å². The van der Waals surface area contributed by atoms with Crippen LogP contribution >= 0.6 is 22.7 Å². The Morgan fingerprint density at radius 2 is 2.31 bits per heavy atom. The Hall–Kier alpha value is -0.780. The summed E-state index contributed by atoms with van der Waals surface area (Å²) in [6, 6.07) is 0.0120. The first-order valence-electron chi connectivity index (χ1n) is 3.87. The summed E-state index contributed by atoms with van der Waals surface area (Å²) in [5.41, 5.74) is 8.47. The fourth-order valence-electron chi connectivity index (χ4n) is 0.930. The number of nitrogens with zero attached hydrogens (tertiary/aromatic N) is 2. The Bertz CT molecular complexity index is 378. The van der Waals surface area contributed by atoms with Crippen LogP contribution in [0.15, 0.2) is 17.1 Å². The maximum absolute atomic E-state index is 5.71. The minimum absolute atomic E-state index is 0.0120. The first kappa shape index (κ1) is 8.80. The molecule has 68 valence electrons. The highest BCUT2D eigenvalue weighted by Gasteiger charge is 2.08. The van der Waals surface area contributed by atoms with Crippen molar-refractivity contribution >= 4 is 22.7 Å². The molecule has 0 aliphatic rings. The van der Waals surface area contributed by atoms with Crippen LogP contribution in [0.1, 0.15) is 18.7 Å². The van der Waals surface area contributed by atoms with Gasteiger partial charge in [0.25, 0.3) is 0 Å². The fraction of sp³-hybridized carbons (Fsp3) is 0.250. The predicted octanol–water partition coefficient (Wildman–Crippen LogP) is 2.29. The molecule has 0 saturated heterocycles. The standard InChI is InChI=1S/C8H9N3S2/c1-5(9)6-3-12-8(11-6)7-2-10-4-13-7/h2-5H,9H2,1H3. The number of aromatic nitrogens is 2. The SMILES string of the molecule is CC(N)c1csc(-c2cncs2)n1. The van der Waals surface area contributed by atoms with Gasteiger partial charge >= 0.3 is 0 Å². The number of thiazole rings is 2. The Balaban J connectivity index is 2.33. The van der Waals surface area contributed by atoms with Gasteiger partial charge in [0.1, 0.15) is 5.01 Å². The van der Waals surface area contributed by atoms with Crippen LogP contribution in [-0.2, 0) is 0 Å². The number of hydrogen-bond acceptors (Lipinski definition) is 5. The van der Waals surface area contributed by atoms with Crippen LogP contribution in [0, 0.1) is 0 Å². The number of rotatable bonds is 2. The second-order valence-electron chi connectivity index (χ2n) is 2.73. The average Bonchev–Trinajstić information content (AvgIpc) is 2.75. The molecule has 0 amide bonds. The molecule has 1 unspecified atom stereocenters. The number of hydrogen-bond donors (Lipinski definition) is 1. The Morgan fingerprint density at radius 1 is 1.46 bits per heavy atom. The van der Waals surface area contributed by atoms with Crippen LogP contribution in [-0.4, -0.2) is 9.97 Å². The summed E-state index contributed by atoms with van der Waals surface area (Å²) in [5.74, 6) is 0. The Kier molecular flexibility index (Phi) is 2.39. The quantitative estimate of drug-likeness (QED) is 0.829. The van der Waals surface area contributed by atoms with Crippen molar-refractivity contribution in [2.24, 2.45) is 5.73 Å². The summed E-state index contributed by atoms with van der Waals surface area (Å²) in [7, 11) is 0. The lowest BCUT2D eigenvalue weighted by atomic mass is 10.3. The van der Waals surface area contributed by atoms with Crippen LogP contribution < -0.4 is 5.73 Å². The minimum atomic E-state index is 0.0120. The summed E-state index contributed by atoms with van der Waals surface area (Å²) in [6.45, 7) is 1.94. The van der Waals surface area contributed by atoms with E-state index in [-0.39, 0.29) is 6.04 Å². The molecule has 13 heavy (non-hydrogen) atoms. The van der Waals surface area contributed by atoms with E-state index >= 15 is 0 Å². The molecule has 0 spiro atoms. The molecule has 0 aliphatic heterocycles. The molecular formula is C8H9N3S2. The highest BCUT2D eigenvalue weighted by atomic mass is 32.1. The fourth-order valence-corrected chi connectivity index (χ4v) is 2.55. The second-order valence-corrected chi connectivity index (χ2v) is 4.48. The molecular weight excluding hydrogens is 202 g/mol. The zero-order valence-corrected chi connectivity index (χ0v) is 8.73. The molecule has 0 bridgehead atoms. The van der Waals surface area contributed by atoms with Gasteiger partial charge in [-0.05, 0) is 6.92 Å². The highest BCUT2D eigenvalue weighted by Crippen LogP contribution is 2.27. The summed E-state index contributed by atoms with van der Waals surface area (Å²) in [5, 5.41) is 3.01. The largest absolute Gasteiger partial charge is 0.323 e. The van der Waals surface area contributed by atoms with Crippen molar-refractivity contribution in [1.82, 2.24) is 9.97 Å². The summed E-state index contributed by atoms with van der Waals surface area (Å²) in [6.07, 6.45) is 1.83. The van der Waals surface area contributed by atoms with Gasteiger partial charge in [-0.15, -0.1) is 22.7 Å². The van der Waals surface area contributed by atoms with E-state index in [1.54, 1.807) is 22.7 Å². The van der Waals surface area contributed by atoms with Crippen LogP contribution in [0.2, 0.25) is 0 Å². The predicted molar refractivity (Wildman–Crippen MR) is 55.8 cm³/mol. The molecule has 0 aromatic carbocycles. The van der Waals surface area contributed by atoms with Crippen LogP contribution in [0.25, 0.3) is 9.88 Å². The molecule has 2 heterocycles. The van der Waals surface area contributed by atoms with Crippen molar-refractivity contribution in [1.29, 1.82) is 0 Å². The normalized spacial score (nSPS) is 13.1. The van der Waals surface area contributed by atoms with E-state index in [1.807, 2.05) is 24.0 Å². The van der Waals surface area contributed by atoms with Gasteiger partial charge in [-0.1, -0.05) is 0 Å². The zero-order valence-electron chi connectivity index (χ0n) is 7.10. The smallest absolute Gasteiger partial charge is 0.135 e. The minimum Gasteiger partial charge on any atom is -0.323 e. The molecule has 3 nitrogen and oxygen atoms in total. The third-order valence-corrected chi connectivity index (χ3v) is 3.43. The van der Waals surface area contributed by atoms with Gasteiger partial charge in [0.2, 0.25) is 0 Å². The van der Waals surface area contributed by atoms with Crippen LogP contribution in [0.3, 0.4) is 0 Å².